The first-order valence-corrected chi connectivity index (χ1v) is 13.2. The molecule has 7 heteroatoms. The SMILES string of the molecule is CC(C)c1ccccc1Sc1ccc(/C=C/CN2CCN(C(=O)OC(C)(C)C)CC2)c(Cl)c1Cl. The number of nitrogens with zero attached hydrogens (tertiary/aromatic N) is 2. The first-order chi connectivity index (χ1) is 16.0. The Morgan fingerprint density at radius 1 is 1.03 bits per heavy atom. The molecule has 1 heterocycles. The molecule has 1 amide bonds. The van der Waals surface area contributed by atoms with Gasteiger partial charge in [-0.1, -0.05) is 85.2 Å². The van der Waals surface area contributed by atoms with Gasteiger partial charge in [-0.2, -0.15) is 0 Å². The number of carbonyl (C=O) groups excluding carboxylic acids is 1. The molecule has 0 saturated carbocycles. The van der Waals surface area contributed by atoms with E-state index in [0.29, 0.717) is 29.1 Å². The van der Waals surface area contributed by atoms with E-state index in [0.717, 1.165) is 30.1 Å². The van der Waals surface area contributed by atoms with Crippen LogP contribution in [-0.4, -0.2) is 54.2 Å². The maximum atomic E-state index is 12.2. The summed E-state index contributed by atoms with van der Waals surface area (Å²) >= 11 is 14.9. The average molecular weight is 522 g/mol. The van der Waals surface area contributed by atoms with Crippen LogP contribution in [0.2, 0.25) is 10.0 Å². The van der Waals surface area contributed by atoms with Crippen molar-refractivity contribution < 1.29 is 9.53 Å². The highest BCUT2D eigenvalue weighted by atomic mass is 35.5. The number of amides is 1. The minimum absolute atomic E-state index is 0.238. The van der Waals surface area contributed by atoms with Crippen molar-refractivity contribution in [1.82, 2.24) is 9.80 Å². The predicted molar refractivity (Wildman–Crippen MR) is 144 cm³/mol. The molecule has 0 aromatic heterocycles. The lowest BCUT2D eigenvalue weighted by atomic mass is 10.0. The van der Waals surface area contributed by atoms with Crippen LogP contribution in [0.25, 0.3) is 6.08 Å². The van der Waals surface area contributed by atoms with Gasteiger partial charge in [-0.25, -0.2) is 4.79 Å². The van der Waals surface area contributed by atoms with Crippen molar-refractivity contribution in [1.29, 1.82) is 0 Å². The van der Waals surface area contributed by atoms with E-state index in [1.807, 2.05) is 45.0 Å². The lowest BCUT2D eigenvalue weighted by molar-refractivity contribution is 0.0154. The Hall–Kier alpha value is -1.66. The maximum Gasteiger partial charge on any atom is 0.410 e. The summed E-state index contributed by atoms with van der Waals surface area (Å²) in [6.45, 7) is 13.8. The van der Waals surface area contributed by atoms with Crippen LogP contribution in [-0.2, 0) is 4.74 Å². The molecule has 0 bridgehead atoms. The first-order valence-electron chi connectivity index (χ1n) is 11.7. The first kappa shape index (κ1) is 26.9. The van der Waals surface area contributed by atoms with E-state index >= 15 is 0 Å². The van der Waals surface area contributed by atoms with Crippen molar-refractivity contribution in [2.75, 3.05) is 32.7 Å². The Bertz CT molecular complexity index is 1030. The van der Waals surface area contributed by atoms with Crippen molar-refractivity contribution in [3.8, 4) is 0 Å². The van der Waals surface area contributed by atoms with Gasteiger partial charge in [0, 0.05) is 42.5 Å². The van der Waals surface area contributed by atoms with Crippen LogP contribution >= 0.6 is 35.0 Å². The molecule has 0 spiro atoms. The van der Waals surface area contributed by atoms with Gasteiger partial charge in [0.25, 0.3) is 0 Å². The molecule has 4 nitrogen and oxygen atoms in total. The van der Waals surface area contributed by atoms with Crippen LogP contribution in [0.3, 0.4) is 0 Å². The third-order valence-corrected chi connectivity index (χ3v) is 7.68. The standard InChI is InChI=1S/C27H34Cl2N2O2S/c1-19(2)21-10-6-7-11-22(21)34-23-13-12-20(24(28)25(23)29)9-8-14-30-15-17-31(18-16-30)26(32)33-27(3,4)5/h6-13,19H,14-18H2,1-5H3/b9-8+. The lowest BCUT2D eigenvalue weighted by Crippen LogP contribution is -2.49. The summed E-state index contributed by atoms with van der Waals surface area (Å²) in [5.74, 6) is 0.436. The molecule has 0 radical (unpaired) electrons. The number of rotatable bonds is 6. The van der Waals surface area contributed by atoms with Crippen LogP contribution in [0.5, 0.6) is 0 Å². The van der Waals surface area contributed by atoms with Gasteiger partial charge in [0.15, 0.2) is 0 Å². The minimum Gasteiger partial charge on any atom is -0.444 e. The van der Waals surface area contributed by atoms with Gasteiger partial charge >= 0.3 is 6.09 Å². The topological polar surface area (TPSA) is 32.8 Å². The number of benzene rings is 2. The van der Waals surface area contributed by atoms with Gasteiger partial charge in [0.05, 0.1) is 10.0 Å². The number of carbonyl (C=O) groups is 1. The smallest absolute Gasteiger partial charge is 0.410 e. The normalized spacial score (nSPS) is 15.4. The lowest BCUT2D eigenvalue weighted by Gasteiger charge is -2.35. The molecule has 0 atom stereocenters. The van der Waals surface area contributed by atoms with E-state index in [-0.39, 0.29) is 6.09 Å². The van der Waals surface area contributed by atoms with Crippen LogP contribution in [0.15, 0.2) is 52.3 Å². The van der Waals surface area contributed by atoms with Gasteiger partial charge in [0.1, 0.15) is 5.60 Å². The van der Waals surface area contributed by atoms with Crippen LogP contribution in [0, 0.1) is 0 Å². The van der Waals surface area contributed by atoms with E-state index in [2.05, 4.69) is 43.0 Å². The van der Waals surface area contributed by atoms with E-state index in [1.54, 1.807) is 16.7 Å². The van der Waals surface area contributed by atoms with Crippen molar-refractivity contribution >= 4 is 47.1 Å². The molecule has 0 N–H and O–H groups in total. The molecule has 34 heavy (non-hydrogen) atoms. The molecule has 1 aliphatic rings. The highest BCUT2D eigenvalue weighted by Gasteiger charge is 2.25. The average Bonchev–Trinajstić information content (AvgIpc) is 2.78. The van der Waals surface area contributed by atoms with E-state index < -0.39 is 5.60 Å². The van der Waals surface area contributed by atoms with Crippen molar-refractivity contribution in [3.63, 3.8) is 0 Å². The Morgan fingerprint density at radius 2 is 1.71 bits per heavy atom. The molecular formula is C27H34Cl2N2O2S. The Labute approximate surface area is 218 Å². The zero-order valence-corrected chi connectivity index (χ0v) is 22.9. The fourth-order valence-electron chi connectivity index (χ4n) is 3.69. The molecule has 184 valence electrons. The Morgan fingerprint density at radius 3 is 2.35 bits per heavy atom. The maximum absolute atomic E-state index is 12.2. The molecule has 1 fully saturated rings. The molecule has 3 rings (SSSR count). The molecule has 0 aliphatic carbocycles. The van der Waals surface area contributed by atoms with Crippen molar-refractivity contribution in [3.05, 3.63) is 63.6 Å². The fourth-order valence-corrected chi connectivity index (χ4v) is 5.40. The molecule has 2 aromatic rings. The monoisotopic (exact) mass is 520 g/mol. The zero-order valence-electron chi connectivity index (χ0n) is 20.6. The number of hydrogen-bond donors (Lipinski definition) is 0. The summed E-state index contributed by atoms with van der Waals surface area (Å²) in [4.78, 5) is 18.5. The summed E-state index contributed by atoms with van der Waals surface area (Å²) in [5.41, 5.74) is 1.74. The number of ether oxygens (including phenoxy) is 1. The molecule has 2 aromatic carbocycles. The van der Waals surface area contributed by atoms with Gasteiger partial charge in [-0.05, 0) is 49.9 Å². The van der Waals surface area contributed by atoms with Crippen LogP contribution < -0.4 is 0 Å². The van der Waals surface area contributed by atoms with Crippen LogP contribution in [0.1, 0.15) is 51.7 Å². The van der Waals surface area contributed by atoms with E-state index in [4.69, 9.17) is 27.9 Å². The summed E-state index contributed by atoms with van der Waals surface area (Å²) in [5, 5.41) is 1.15. The number of hydrogen-bond acceptors (Lipinski definition) is 4. The summed E-state index contributed by atoms with van der Waals surface area (Å²) in [6, 6.07) is 12.5. The second-order valence-electron chi connectivity index (χ2n) is 9.75. The summed E-state index contributed by atoms with van der Waals surface area (Å²) in [6.07, 6.45) is 3.88. The quantitative estimate of drug-likeness (QED) is 0.388. The molecule has 0 unspecified atom stereocenters. The van der Waals surface area contributed by atoms with Crippen molar-refractivity contribution in [2.45, 2.75) is 55.9 Å². The van der Waals surface area contributed by atoms with Crippen molar-refractivity contribution in [2.24, 2.45) is 0 Å². The van der Waals surface area contributed by atoms with Gasteiger partial charge in [-0.3, -0.25) is 4.90 Å². The Kier molecular flexibility index (Phi) is 9.39. The molecule has 1 saturated heterocycles. The predicted octanol–water partition coefficient (Wildman–Crippen LogP) is 7.83. The molecule has 1 aliphatic heterocycles. The summed E-state index contributed by atoms with van der Waals surface area (Å²) < 4.78 is 5.47. The third kappa shape index (κ3) is 7.42. The van der Waals surface area contributed by atoms with Gasteiger partial charge in [0.2, 0.25) is 0 Å². The van der Waals surface area contributed by atoms with E-state index in [1.165, 1.54) is 10.5 Å². The second-order valence-corrected chi connectivity index (χ2v) is 11.6. The largest absolute Gasteiger partial charge is 0.444 e. The fraction of sp³-hybridized carbons (Fsp3) is 0.444. The molecular weight excluding hydrogens is 487 g/mol. The highest BCUT2D eigenvalue weighted by molar-refractivity contribution is 7.99. The van der Waals surface area contributed by atoms with Gasteiger partial charge < -0.3 is 9.64 Å². The van der Waals surface area contributed by atoms with E-state index in [9.17, 15) is 4.79 Å². The number of piperazine rings is 1. The third-order valence-electron chi connectivity index (χ3n) is 5.52. The Balaban J connectivity index is 1.57. The summed E-state index contributed by atoms with van der Waals surface area (Å²) in [7, 11) is 0. The minimum atomic E-state index is -0.469. The zero-order chi connectivity index (χ0) is 24.9. The van der Waals surface area contributed by atoms with Crippen LogP contribution in [0.4, 0.5) is 4.79 Å². The number of halogens is 2. The van der Waals surface area contributed by atoms with Gasteiger partial charge in [-0.15, -0.1) is 0 Å². The second kappa shape index (κ2) is 11.9. The highest BCUT2D eigenvalue weighted by Crippen LogP contribution is 2.41.